The molecule has 0 aromatic rings. The molecule has 0 aliphatic carbocycles. The van der Waals surface area contributed by atoms with Gasteiger partial charge < -0.3 is 5.11 Å². The summed E-state index contributed by atoms with van der Waals surface area (Å²) in [5, 5.41) is 9.20. The molecule has 0 radical (unpaired) electrons. The molecule has 1 amide bonds. The number of fused-ring (bicyclic) bond motifs is 3. The molecule has 2 unspecified atom stereocenters. The van der Waals surface area contributed by atoms with Gasteiger partial charge in [-0.1, -0.05) is 0 Å². The highest BCUT2D eigenvalue weighted by atomic mass is 33.1. The smallest absolute Gasteiger partial charge is 0.250 e. The van der Waals surface area contributed by atoms with E-state index in [2.05, 4.69) is 0 Å². The Morgan fingerprint density at radius 3 is 2.80 bits per heavy atom. The molecule has 3 fully saturated rings. The maximum absolute atomic E-state index is 11.0. The highest BCUT2D eigenvalue weighted by Crippen LogP contribution is 2.40. The number of rotatable bonds is 0. The summed E-state index contributed by atoms with van der Waals surface area (Å²) in [6, 6.07) is 0. The molecular formula is C4H6N2O2S2. The van der Waals surface area contributed by atoms with Gasteiger partial charge in [-0.3, -0.25) is 4.79 Å². The molecule has 4 nitrogen and oxygen atoms in total. The fraction of sp³-hybridized carbons (Fsp3) is 0.750. The van der Waals surface area contributed by atoms with Crippen LogP contribution in [0.4, 0.5) is 0 Å². The summed E-state index contributed by atoms with van der Waals surface area (Å²) < 4.78 is 3.28. The first-order valence-electron chi connectivity index (χ1n) is 2.87. The van der Waals surface area contributed by atoms with Gasteiger partial charge in [0.05, 0.1) is 13.1 Å². The van der Waals surface area contributed by atoms with E-state index >= 15 is 0 Å². The molecule has 3 aliphatic heterocycles. The fourth-order valence-electron chi connectivity index (χ4n) is 0.939. The van der Waals surface area contributed by atoms with E-state index in [9.17, 15) is 9.90 Å². The molecule has 2 bridgehead atoms. The van der Waals surface area contributed by atoms with Crippen LogP contribution in [0.3, 0.4) is 0 Å². The van der Waals surface area contributed by atoms with Crippen molar-refractivity contribution >= 4 is 27.9 Å². The molecule has 3 heterocycles. The van der Waals surface area contributed by atoms with Crippen molar-refractivity contribution in [3.8, 4) is 0 Å². The Balaban J connectivity index is 2.18. The van der Waals surface area contributed by atoms with Crippen molar-refractivity contribution in [2.75, 3.05) is 13.1 Å². The normalized spacial score (nSPS) is 38.9. The largest absolute Gasteiger partial charge is 0.371 e. The maximum Gasteiger partial charge on any atom is 0.250 e. The van der Waals surface area contributed by atoms with E-state index in [-0.39, 0.29) is 5.91 Å². The van der Waals surface area contributed by atoms with Crippen LogP contribution >= 0.6 is 22.0 Å². The average molecular weight is 178 g/mol. The van der Waals surface area contributed by atoms with Crippen molar-refractivity contribution in [3.63, 3.8) is 0 Å². The molecule has 0 aromatic heterocycles. The van der Waals surface area contributed by atoms with Gasteiger partial charge in [-0.25, -0.2) is 8.61 Å². The van der Waals surface area contributed by atoms with E-state index in [4.69, 9.17) is 0 Å². The quantitative estimate of drug-likeness (QED) is 0.406. The Hall–Kier alpha value is 0.0900. The Bertz CT molecular complexity index is 177. The number of carbonyl (C=O) groups is 1. The van der Waals surface area contributed by atoms with Crippen LogP contribution in [0.15, 0.2) is 0 Å². The van der Waals surface area contributed by atoms with E-state index in [1.807, 2.05) is 4.31 Å². The van der Waals surface area contributed by atoms with Crippen molar-refractivity contribution < 1.29 is 9.90 Å². The zero-order valence-corrected chi connectivity index (χ0v) is 6.69. The summed E-state index contributed by atoms with van der Waals surface area (Å²) in [6.45, 7) is 1.01. The second kappa shape index (κ2) is 2.30. The minimum absolute atomic E-state index is 0.00231. The molecule has 6 heteroatoms. The monoisotopic (exact) mass is 178 g/mol. The zero-order valence-electron chi connectivity index (χ0n) is 5.06. The molecule has 56 valence electrons. The number of piperazine rings is 1. The third kappa shape index (κ3) is 0.914. The van der Waals surface area contributed by atoms with Gasteiger partial charge in [0, 0.05) is 22.0 Å². The molecule has 10 heavy (non-hydrogen) atoms. The first kappa shape index (κ1) is 6.78. The van der Waals surface area contributed by atoms with Crippen LogP contribution in [0.25, 0.3) is 0 Å². The molecule has 2 atom stereocenters. The van der Waals surface area contributed by atoms with Crippen LogP contribution in [0.5, 0.6) is 0 Å². The molecule has 0 spiro atoms. The standard InChI is InChI=1S/C4H6N2O2S2/c7-3-1-5-2-4(8)6(3)10-9-5/h3,7H,1-2H2. The summed E-state index contributed by atoms with van der Waals surface area (Å²) in [4.78, 5) is 11.0. The summed E-state index contributed by atoms with van der Waals surface area (Å²) >= 11 is 0. The van der Waals surface area contributed by atoms with Crippen LogP contribution in [-0.4, -0.2) is 38.9 Å². The molecule has 0 aromatic carbocycles. The predicted molar refractivity (Wildman–Crippen MR) is 39.6 cm³/mol. The molecule has 3 aliphatic rings. The molecule has 0 saturated carbocycles. The lowest BCUT2D eigenvalue weighted by atomic mass is 10.4. The number of aliphatic hydroxyl groups is 1. The summed E-state index contributed by atoms with van der Waals surface area (Å²) in [6.07, 6.45) is -0.604. The van der Waals surface area contributed by atoms with Crippen LogP contribution in [0.2, 0.25) is 0 Å². The van der Waals surface area contributed by atoms with Crippen molar-refractivity contribution in [1.82, 2.24) is 8.61 Å². The Kier molecular flexibility index (Phi) is 1.56. The predicted octanol–water partition coefficient (Wildman–Crippen LogP) is -0.326. The van der Waals surface area contributed by atoms with E-state index in [1.54, 1.807) is 0 Å². The van der Waals surface area contributed by atoms with Gasteiger partial charge in [0.25, 0.3) is 5.91 Å². The zero-order chi connectivity index (χ0) is 7.14. The lowest BCUT2D eigenvalue weighted by Crippen LogP contribution is -2.54. The van der Waals surface area contributed by atoms with Gasteiger partial charge in [-0.05, 0) is 0 Å². The topological polar surface area (TPSA) is 43.8 Å². The van der Waals surface area contributed by atoms with E-state index < -0.39 is 6.23 Å². The van der Waals surface area contributed by atoms with Gasteiger partial charge in [0.15, 0.2) is 6.23 Å². The van der Waals surface area contributed by atoms with Crippen molar-refractivity contribution in [2.45, 2.75) is 6.23 Å². The van der Waals surface area contributed by atoms with Crippen molar-refractivity contribution in [3.05, 3.63) is 0 Å². The Morgan fingerprint density at radius 2 is 2.40 bits per heavy atom. The number of amides is 1. The number of hydrogen-bond acceptors (Lipinski definition) is 5. The molecular weight excluding hydrogens is 172 g/mol. The lowest BCUT2D eigenvalue weighted by molar-refractivity contribution is -0.137. The SMILES string of the molecule is O=C1CN2CC(O)N1SS2. The van der Waals surface area contributed by atoms with Crippen molar-refractivity contribution in [1.29, 1.82) is 0 Å². The first-order valence-corrected chi connectivity index (χ1v) is 4.93. The molecule has 3 rings (SSSR count). The van der Waals surface area contributed by atoms with Gasteiger partial charge in [-0.15, -0.1) is 0 Å². The number of carbonyl (C=O) groups excluding carboxylic acids is 1. The minimum atomic E-state index is -0.604. The van der Waals surface area contributed by atoms with Gasteiger partial charge in [0.2, 0.25) is 0 Å². The van der Waals surface area contributed by atoms with Crippen LogP contribution in [-0.2, 0) is 4.79 Å². The van der Waals surface area contributed by atoms with E-state index in [0.29, 0.717) is 13.1 Å². The first-order chi connectivity index (χ1) is 4.77. The van der Waals surface area contributed by atoms with Crippen LogP contribution in [0.1, 0.15) is 0 Å². The van der Waals surface area contributed by atoms with Crippen molar-refractivity contribution in [2.24, 2.45) is 0 Å². The van der Waals surface area contributed by atoms with Gasteiger partial charge >= 0.3 is 0 Å². The second-order valence-electron chi connectivity index (χ2n) is 2.17. The second-order valence-corrected chi connectivity index (χ2v) is 4.27. The summed E-state index contributed by atoms with van der Waals surface area (Å²) in [5.41, 5.74) is 0. The van der Waals surface area contributed by atoms with Gasteiger partial charge in [-0.2, -0.15) is 0 Å². The molecule has 1 N–H and O–H groups in total. The molecule has 3 saturated heterocycles. The fourth-order valence-corrected chi connectivity index (χ4v) is 3.16. The van der Waals surface area contributed by atoms with E-state index in [1.165, 1.54) is 26.3 Å². The average Bonchev–Trinajstić information content (AvgIpc) is 1.86. The summed E-state index contributed by atoms with van der Waals surface area (Å²) in [7, 11) is 2.82. The highest BCUT2D eigenvalue weighted by molar-refractivity contribution is 8.75. The lowest BCUT2D eigenvalue weighted by Gasteiger charge is -2.41. The third-order valence-corrected chi connectivity index (χ3v) is 3.89. The number of hydrogen-bond donors (Lipinski definition) is 1. The van der Waals surface area contributed by atoms with Gasteiger partial charge in [0.1, 0.15) is 0 Å². The van der Waals surface area contributed by atoms with Crippen LogP contribution < -0.4 is 0 Å². The minimum Gasteiger partial charge on any atom is -0.371 e. The van der Waals surface area contributed by atoms with E-state index in [0.717, 1.165) is 0 Å². The summed E-state index contributed by atoms with van der Waals surface area (Å²) in [5.74, 6) is 0.00231. The Labute approximate surface area is 66.2 Å². The maximum atomic E-state index is 11.0. The third-order valence-electron chi connectivity index (χ3n) is 1.41. The Morgan fingerprint density at radius 1 is 1.60 bits per heavy atom. The highest BCUT2D eigenvalue weighted by Gasteiger charge is 2.38. The number of aliphatic hydroxyl groups excluding tert-OH is 1. The number of nitrogens with zero attached hydrogens (tertiary/aromatic N) is 2. The van der Waals surface area contributed by atoms with Crippen LogP contribution in [0, 0.1) is 0 Å².